The van der Waals surface area contributed by atoms with Gasteiger partial charge in [-0.2, -0.15) is 0 Å². The molecule has 0 aliphatic rings. The van der Waals surface area contributed by atoms with Crippen molar-refractivity contribution in [3.63, 3.8) is 0 Å². The number of ether oxygens (including phenoxy) is 1. The Morgan fingerprint density at radius 2 is 2.33 bits per heavy atom. The molecule has 0 saturated carbocycles. The van der Waals surface area contributed by atoms with E-state index in [9.17, 15) is 9.59 Å². The first-order valence-electron chi connectivity index (χ1n) is 2.75. The lowest BCUT2D eigenvalue weighted by molar-refractivity contribution is -0.123. The van der Waals surface area contributed by atoms with Crippen molar-refractivity contribution < 1.29 is 14.3 Å². The Morgan fingerprint density at radius 3 is 2.78 bits per heavy atom. The second-order valence-corrected chi connectivity index (χ2v) is 1.68. The zero-order chi connectivity index (χ0) is 7.11. The van der Waals surface area contributed by atoms with E-state index in [1.54, 1.807) is 0 Å². The lowest BCUT2D eigenvalue weighted by Crippen LogP contribution is -2.05. The van der Waals surface area contributed by atoms with Crippen LogP contribution in [0, 0.1) is 0 Å². The number of Topliss-reactive ketones (excluding diaryl/α,β-unsaturated/α-hetero) is 1. The first kappa shape index (κ1) is 8.30. The summed E-state index contributed by atoms with van der Waals surface area (Å²) in [5.74, 6) is -0.0235. The molecule has 9 heavy (non-hydrogen) atoms. The third-order valence-corrected chi connectivity index (χ3v) is 0.846. The second kappa shape index (κ2) is 5.44. The molecule has 0 atom stereocenters. The van der Waals surface area contributed by atoms with Crippen LogP contribution in [-0.2, 0) is 14.3 Å². The lowest BCUT2D eigenvalue weighted by Gasteiger charge is -1.92. The molecule has 0 N–H and O–H groups in total. The summed E-state index contributed by atoms with van der Waals surface area (Å²) in [4.78, 5) is 20.2. The van der Waals surface area contributed by atoms with Gasteiger partial charge < -0.3 is 9.53 Å². The zero-order valence-corrected chi connectivity index (χ0v) is 5.42. The molecule has 3 heteroatoms. The molecular formula is C6H10O3. The van der Waals surface area contributed by atoms with E-state index in [1.165, 1.54) is 7.11 Å². The average molecular weight is 130 g/mol. The first-order valence-corrected chi connectivity index (χ1v) is 2.75. The minimum Gasteiger partial charge on any atom is -0.377 e. The molecule has 0 spiro atoms. The Balaban J connectivity index is 3.16. The Hall–Kier alpha value is -0.700. The summed E-state index contributed by atoms with van der Waals surface area (Å²) in [5, 5.41) is 0. The van der Waals surface area contributed by atoms with E-state index in [1.807, 2.05) is 0 Å². The monoisotopic (exact) mass is 130 g/mol. The highest BCUT2D eigenvalue weighted by Gasteiger charge is 1.97. The summed E-state index contributed by atoms with van der Waals surface area (Å²) in [5.41, 5.74) is 0. The lowest BCUT2D eigenvalue weighted by atomic mass is 10.2. The predicted molar refractivity (Wildman–Crippen MR) is 32.2 cm³/mol. The van der Waals surface area contributed by atoms with Gasteiger partial charge in [0.1, 0.15) is 12.9 Å². The van der Waals surface area contributed by atoms with Crippen LogP contribution in [0.5, 0.6) is 0 Å². The van der Waals surface area contributed by atoms with Gasteiger partial charge in [-0.05, 0) is 0 Å². The van der Waals surface area contributed by atoms with Crippen LogP contribution in [-0.4, -0.2) is 25.8 Å². The van der Waals surface area contributed by atoms with Crippen molar-refractivity contribution >= 4 is 12.1 Å². The van der Waals surface area contributed by atoms with Gasteiger partial charge in [-0.15, -0.1) is 0 Å². The standard InChI is InChI=1S/C6H10O3/c1-9-5-6(8)3-2-4-7/h4H,2-3,5H2,1H3. The molecular weight excluding hydrogens is 120 g/mol. The summed E-state index contributed by atoms with van der Waals surface area (Å²) in [7, 11) is 1.46. The number of hydrogen-bond donors (Lipinski definition) is 0. The number of methoxy groups -OCH3 is 1. The SMILES string of the molecule is COCC(=O)CCC=O. The van der Waals surface area contributed by atoms with E-state index in [0.29, 0.717) is 12.8 Å². The number of rotatable bonds is 5. The first-order chi connectivity index (χ1) is 4.31. The van der Waals surface area contributed by atoms with Crippen molar-refractivity contribution in [1.29, 1.82) is 0 Å². The molecule has 0 radical (unpaired) electrons. The summed E-state index contributed by atoms with van der Waals surface area (Å²) in [6.45, 7) is 0.119. The summed E-state index contributed by atoms with van der Waals surface area (Å²) in [6.07, 6.45) is 1.34. The maximum atomic E-state index is 10.5. The molecule has 0 amide bonds. The third kappa shape index (κ3) is 5.17. The van der Waals surface area contributed by atoms with E-state index < -0.39 is 0 Å². The van der Waals surface area contributed by atoms with Crippen LogP contribution in [0.4, 0.5) is 0 Å². The fourth-order valence-electron chi connectivity index (χ4n) is 0.453. The molecule has 0 heterocycles. The molecule has 0 aliphatic carbocycles. The molecule has 3 nitrogen and oxygen atoms in total. The van der Waals surface area contributed by atoms with Crippen molar-refractivity contribution in [3.05, 3.63) is 0 Å². The van der Waals surface area contributed by atoms with Crippen LogP contribution in [0.2, 0.25) is 0 Å². The van der Waals surface area contributed by atoms with Gasteiger partial charge in [-0.3, -0.25) is 4.79 Å². The maximum Gasteiger partial charge on any atom is 0.158 e. The quantitative estimate of drug-likeness (QED) is 0.498. The molecule has 0 bridgehead atoms. The van der Waals surface area contributed by atoms with Crippen molar-refractivity contribution in [2.24, 2.45) is 0 Å². The van der Waals surface area contributed by atoms with Gasteiger partial charge >= 0.3 is 0 Å². The Morgan fingerprint density at radius 1 is 1.67 bits per heavy atom. The van der Waals surface area contributed by atoms with Gasteiger partial charge in [0.05, 0.1) is 0 Å². The van der Waals surface area contributed by atoms with Crippen molar-refractivity contribution in [1.82, 2.24) is 0 Å². The average Bonchev–Trinajstić information content (AvgIpc) is 1.85. The minimum atomic E-state index is -0.0235. The van der Waals surface area contributed by atoms with Gasteiger partial charge in [0.2, 0.25) is 0 Å². The molecule has 0 aliphatic heterocycles. The van der Waals surface area contributed by atoms with Gasteiger partial charge in [0.25, 0.3) is 0 Å². The van der Waals surface area contributed by atoms with E-state index in [2.05, 4.69) is 4.74 Å². The second-order valence-electron chi connectivity index (χ2n) is 1.68. The number of hydrogen-bond acceptors (Lipinski definition) is 3. The van der Waals surface area contributed by atoms with E-state index >= 15 is 0 Å². The molecule has 0 aromatic rings. The van der Waals surface area contributed by atoms with E-state index in [-0.39, 0.29) is 12.4 Å². The highest BCUT2D eigenvalue weighted by atomic mass is 16.5. The molecule has 0 saturated heterocycles. The fraction of sp³-hybridized carbons (Fsp3) is 0.667. The minimum absolute atomic E-state index is 0.0235. The van der Waals surface area contributed by atoms with E-state index in [0.717, 1.165) is 6.29 Å². The van der Waals surface area contributed by atoms with Crippen LogP contribution in [0.25, 0.3) is 0 Å². The van der Waals surface area contributed by atoms with Gasteiger partial charge in [-0.25, -0.2) is 0 Å². The van der Waals surface area contributed by atoms with E-state index in [4.69, 9.17) is 0 Å². The molecule has 52 valence electrons. The smallest absolute Gasteiger partial charge is 0.158 e. The fourth-order valence-corrected chi connectivity index (χ4v) is 0.453. The molecule has 0 aromatic carbocycles. The zero-order valence-electron chi connectivity index (χ0n) is 5.42. The van der Waals surface area contributed by atoms with Crippen molar-refractivity contribution in [3.8, 4) is 0 Å². The number of carbonyl (C=O) groups is 2. The summed E-state index contributed by atoms with van der Waals surface area (Å²) in [6, 6.07) is 0. The summed E-state index contributed by atoms with van der Waals surface area (Å²) < 4.78 is 4.54. The molecule has 0 unspecified atom stereocenters. The Kier molecular flexibility index (Phi) is 5.01. The number of aldehydes is 1. The van der Waals surface area contributed by atoms with Gasteiger partial charge in [0.15, 0.2) is 5.78 Å². The highest BCUT2D eigenvalue weighted by molar-refractivity contribution is 5.81. The number of carbonyl (C=O) groups excluding carboxylic acids is 2. The third-order valence-electron chi connectivity index (χ3n) is 0.846. The summed E-state index contributed by atoms with van der Waals surface area (Å²) >= 11 is 0. The van der Waals surface area contributed by atoms with Crippen molar-refractivity contribution in [2.75, 3.05) is 13.7 Å². The van der Waals surface area contributed by atoms with Crippen LogP contribution in [0.1, 0.15) is 12.8 Å². The topological polar surface area (TPSA) is 43.4 Å². The predicted octanol–water partition coefficient (Wildman–Crippen LogP) is 0.181. The van der Waals surface area contributed by atoms with Crippen LogP contribution in [0.3, 0.4) is 0 Å². The molecule has 0 aromatic heterocycles. The maximum absolute atomic E-state index is 10.5. The van der Waals surface area contributed by atoms with Crippen LogP contribution >= 0.6 is 0 Å². The number of ketones is 1. The normalized spacial score (nSPS) is 9.00. The molecule has 0 fully saturated rings. The van der Waals surface area contributed by atoms with Gasteiger partial charge in [-0.1, -0.05) is 0 Å². The Bertz CT molecular complexity index is 98.5. The molecule has 0 rings (SSSR count). The van der Waals surface area contributed by atoms with Gasteiger partial charge in [0, 0.05) is 20.0 Å². The van der Waals surface area contributed by atoms with Crippen LogP contribution in [0.15, 0.2) is 0 Å². The van der Waals surface area contributed by atoms with Crippen LogP contribution < -0.4 is 0 Å². The Labute approximate surface area is 54.0 Å². The van der Waals surface area contributed by atoms with Crippen molar-refractivity contribution in [2.45, 2.75) is 12.8 Å². The highest BCUT2D eigenvalue weighted by Crippen LogP contribution is 1.86. The largest absolute Gasteiger partial charge is 0.377 e.